The third kappa shape index (κ3) is 6.76. The smallest absolute Gasteiger partial charge is 0.248 e. The summed E-state index contributed by atoms with van der Waals surface area (Å²) in [5.41, 5.74) is 3.25. The molecule has 0 saturated carbocycles. The number of amides is 1. The predicted molar refractivity (Wildman–Crippen MR) is 145 cm³/mol. The molecule has 0 aliphatic heterocycles. The lowest BCUT2D eigenvalue weighted by atomic mass is 10.1. The Balaban J connectivity index is 1.68. The van der Waals surface area contributed by atoms with Crippen molar-refractivity contribution in [3.8, 4) is 34.5 Å². The van der Waals surface area contributed by atoms with Crippen molar-refractivity contribution in [2.45, 2.75) is 0 Å². The average Bonchev–Trinajstić information content (AvgIpc) is 2.94. The zero-order valence-electron chi connectivity index (χ0n) is 21.8. The molecule has 0 spiro atoms. The Bertz CT molecular complexity index is 1230. The van der Waals surface area contributed by atoms with Crippen molar-refractivity contribution in [2.24, 2.45) is 0 Å². The molecule has 1 amide bonds. The molecule has 0 radical (unpaired) electrons. The van der Waals surface area contributed by atoms with Crippen LogP contribution in [0.5, 0.6) is 34.5 Å². The topological polar surface area (TPSA) is 84.5 Å². The summed E-state index contributed by atoms with van der Waals surface area (Å²) >= 11 is 0. The summed E-state index contributed by atoms with van der Waals surface area (Å²) in [6, 6.07) is 14.8. The summed E-state index contributed by atoms with van der Waals surface area (Å²) in [5, 5.41) is 2.85. The van der Waals surface area contributed by atoms with E-state index in [1.807, 2.05) is 48.6 Å². The van der Waals surface area contributed by atoms with Gasteiger partial charge in [-0.2, -0.15) is 0 Å². The summed E-state index contributed by atoms with van der Waals surface area (Å²) < 4.78 is 32.2. The maximum absolute atomic E-state index is 12.5. The molecule has 0 aliphatic rings. The SMILES string of the molecule is COc1cc(/C=C/C(=O)Nc2ccc(/C=C/c3cc(OC)c(OC)c(OC)c3)cc2)cc(OC)c1OC. The second-order valence-corrected chi connectivity index (χ2v) is 7.70. The molecule has 194 valence electrons. The number of anilines is 1. The van der Waals surface area contributed by atoms with Gasteiger partial charge in [0, 0.05) is 11.8 Å². The van der Waals surface area contributed by atoms with E-state index in [9.17, 15) is 4.79 Å². The molecule has 8 nitrogen and oxygen atoms in total. The highest BCUT2D eigenvalue weighted by molar-refractivity contribution is 6.02. The minimum absolute atomic E-state index is 0.269. The van der Waals surface area contributed by atoms with E-state index in [1.165, 1.54) is 13.2 Å². The minimum atomic E-state index is -0.269. The number of carbonyl (C=O) groups is 1. The van der Waals surface area contributed by atoms with E-state index >= 15 is 0 Å². The molecule has 8 heteroatoms. The molecule has 0 aliphatic carbocycles. The van der Waals surface area contributed by atoms with Gasteiger partial charge in [-0.1, -0.05) is 24.3 Å². The van der Waals surface area contributed by atoms with E-state index in [0.29, 0.717) is 40.2 Å². The molecule has 3 rings (SSSR count). The lowest BCUT2D eigenvalue weighted by Crippen LogP contribution is -2.07. The first-order valence-corrected chi connectivity index (χ1v) is 11.3. The fourth-order valence-corrected chi connectivity index (χ4v) is 3.62. The Morgan fingerprint density at radius 1 is 0.568 bits per heavy atom. The van der Waals surface area contributed by atoms with Crippen LogP contribution in [0, 0.1) is 0 Å². The molecule has 0 aromatic heterocycles. The second kappa shape index (κ2) is 12.9. The van der Waals surface area contributed by atoms with E-state index in [2.05, 4.69) is 5.32 Å². The highest BCUT2D eigenvalue weighted by atomic mass is 16.5. The van der Waals surface area contributed by atoms with Gasteiger partial charge in [0.1, 0.15) is 0 Å². The fourth-order valence-electron chi connectivity index (χ4n) is 3.62. The Morgan fingerprint density at radius 2 is 0.973 bits per heavy atom. The Kier molecular flexibility index (Phi) is 9.43. The van der Waals surface area contributed by atoms with Crippen LogP contribution in [0.2, 0.25) is 0 Å². The molecular weight excluding hydrogens is 474 g/mol. The van der Waals surface area contributed by atoms with Crippen molar-refractivity contribution in [1.82, 2.24) is 0 Å². The van der Waals surface area contributed by atoms with Crippen LogP contribution >= 0.6 is 0 Å². The number of nitrogens with one attached hydrogen (secondary N) is 1. The van der Waals surface area contributed by atoms with E-state index < -0.39 is 0 Å². The fraction of sp³-hybridized carbons (Fsp3) is 0.207. The van der Waals surface area contributed by atoms with Crippen LogP contribution < -0.4 is 33.7 Å². The summed E-state index contributed by atoms with van der Waals surface area (Å²) in [6.45, 7) is 0. The van der Waals surface area contributed by atoms with Crippen molar-refractivity contribution >= 4 is 29.8 Å². The van der Waals surface area contributed by atoms with Crippen molar-refractivity contribution in [1.29, 1.82) is 0 Å². The predicted octanol–water partition coefficient (Wildman–Crippen LogP) is 5.56. The van der Waals surface area contributed by atoms with Crippen molar-refractivity contribution in [3.63, 3.8) is 0 Å². The van der Waals surface area contributed by atoms with E-state index in [0.717, 1.165) is 16.7 Å². The van der Waals surface area contributed by atoms with Gasteiger partial charge in [-0.25, -0.2) is 0 Å². The van der Waals surface area contributed by atoms with Crippen molar-refractivity contribution in [3.05, 3.63) is 71.3 Å². The number of ether oxygens (including phenoxy) is 6. The normalized spacial score (nSPS) is 10.9. The number of benzene rings is 3. The molecule has 0 unspecified atom stereocenters. The van der Waals surface area contributed by atoms with Crippen LogP contribution in [0.15, 0.2) is 54.6 Å². The number of carbonyl (C=O) groups excluding carboxylic acids is 1. The second-order valence-electron chi connectivity index (χ2n) is 7.70. The van der Waals surface area contributed by atoms with Crippen LogP contribution in [-0.2, 0) is 4.79 Å². The first-order valence-electron chi connectivity index (χ1n) is 11.3. The lowest BCUT2D eigenvalue weighted by Gasteiger charge is -2.12. The molecule has 0 bridgehead atoms. The van der Waals surface area contributed by atoms with E-state index in [-0.39, 0.29) is 5.91 Å². The minimum Gasteiger partial charge on any atom is -0.493 e. The molecule has 1 N–H and O–H groups in total. The van der Waals surface area contributed by atoms with Crippen molar-refractivity contribution < 1.29 is 33.2 Å². The molecule has 3 aromatic rings. The molecule has 0 saturated heterocycles. The first kappa shape index (κ1) is 27.0. The van der Waals surface area contributed by atoms with Crippen LogP contribution in [0.3, 0.4) is 0 Å². The average molecular weight is 506 g/mol. The lowest BCUT2D eigenvalue weighted by molar-refractivity contribution is -0.111. The summed E-state index contributed by atoms with van der Waals surface area (Å²) in [6.07, 6.45) is 7.02. The Hall–Kier alpha value is -4.59. The van der Waals surface area contributed by atoms with Gasteiger partial charge in [0.05, 0.1) is 42.7 Å². The number of hydrogen-bond donors (Lipinski definition) is 1. The summed E-state index contributed by atoms with van der Waals surface area (Å²) in [5.74, 6) is 2.95. The van der Waals surface area contributed by atoms with Gasteiger partial charge in [-0.05, 0) is 59.2 Å². The van der Waals surface area contributed by atoms with E-state index in [1.54, 1.807) is 53.8 Å². The maximum atomic E-state index is 12.5. The zero-order chi connectivity index (χ0) is 26.8. The Labute approximate surface area is 217 Å². The number of rotatable bonds is 11. The number of methoxy groups -OCH3 is 6. The third-order valence-electron chi connectivity index (χ3n) is 5.45. The molecule has 37 heavy (non-hydrogen) atoms. The van der Waals surface area contributed by atoms with Gasteiger partial charge in [-0.3, -0.25) is 4.79 Å². The highest BCUT2D eigenvalue weighted by Crippen LogP contribution is 2.39. The number of hydrogen-bond acceptors (Lipinski definition) is 7. The first-order chi connectivity index (χ1) is 18.0. The molecule has 0 fully saturated rings. The monoisotopic (exact) mass is 505 g/mol. The third-order valence-corrected chi connectivity index (χ3v) is 5.45. The molecular formula is C29H31NO7. The van der Waals surface area contributed by atoms with Gasteiger partial charge >= 0.3 is 0 Å². The van der Waals surface area contributed by atoms with Crippen LogP contribution in [0.1, 0.15) is 16.7 Å². The molecule has 0 heterocycles. The van der Waals surface area contributed by atoms with Gasteiger partial charge < -0.3 is 33.7 Å². The standard InChI is InChI=1S/C29H31NO7/c1-32-23-15-20(16-24(33-2)28(23)36-5)8-7-19-9-12-22(13-10-19)30-27(31)14-11-21-17-25(34-3)29(37-6)26(18-21)35-4/h7-18H,1-6H3,(H,30,31)/b8-7+,14-11+. The summed E-state index contributed by atoms with van der Waals surface area (Å²) in [7, 11) is 9.36. The van der Waals surface area contributed by atoms with Crippen molar-refractivity contribution in [2.75, 3.05) is 48.0 Å². The van der Waals surface area contributed by atoms with Gasteiger partial charge in [0.25, 0.3) is 0 Å². The summed E-state index contributed by atoms with van der Waals surface area (Å²) in [4.78, 5) is 12.5. The molecule has 3 aromatic carbocycles. The largest absolute Gasteiger partial charge is 0.493 e. The quantitative estimate of drug-likeness (QED) is 0.270. The van der Waals surface area contributed by atoms with Crippen LogP contribution in [0.25, 0.3) is 18.2 Å². The van der Waals surface area contributed by atoms with E-state index in [4.69, 9.17) is 28.4 Å². The van der Waals surface area contributed by atoms with Gasteiger partial charge in [0.2, 0.25) is 17.4 Å². The molecule has 0 atom stereocenters. The van der Waals surface area contributed by atoms with Crippen LogP contribution in [0.4, 0.5) is 5.69 Å². The Morgan fingerprint density at radius 3 is 1.38 bits per heavy atom. The zero-order valence-corrected chi connectivity index (χ0v) is 21.8. The maximum Gasteiger partial charge on any atom is 0.248 e. The van der Waals surface area contributed by atoms with Gasteiger partial charge in [0.15, 0.2) is 23.0 Å². The van der Waals surface area contributed by atoms with Crippen LogP contribution in [-0.4, -0.2) is 48.6 Å². The highest BCUT2D eigenvalue weighted by Gasteiger charge is 2.13. The van der Waals surface area contributed by atoms with Gasteiger partial charge in [-0.15, -0.1) is 0 Å².